The summed E-state index contributed by atoms with van der Waals surface area (Å²) in [6, 6.07) is 3.29. The van der Waals surface area contributed by atoms with Gasteiger partial charge in [-0.15, -0.1) is 0 Å². The summed E-state index contributed by atoms with van der Waals surface area (Å²) in [6.07, 6.45) is 0.151. The molecule has 0 radical (unpaired) electrons. The molecule has 0 saturated heterocycles. The second-order valence-electron chi connectivity index (χ2n) is 3.29. The maximum atomic E-state index is 11.5. The molecule has 82 valence electrons. The molecular formula is C11H14O4. The molecule has 0 saturated carbocycles. The summed E-state index contributed by atoms with van der Waals surface area (Å²) in [5.41, 5.74) is 0. The van der Waals surface area contributed by atoms with Crippen LogP contribution in [-0.4, -0.2) is 25.3 Å². The Labute approximate surface area is 88.2 Å². The van der Waals surface area contributed by atoms with Crippen LogP contribution in [0.5, 0.6) is 0 Å². The van der Waals surface area contributed by atoms with E-state index in [1.165, 1.54) is 7.11 Å². The number of furan rings is 1. The van der Waals surface area contributed by atoms with Crippen LogP contribution in [0.3, 0.4) is 0 Å². The van der Waals surface area contributed by atoms with Crippen LogP contribution in [0.1, 0.15) is 29.2 Å². The first-order chi connectivity index (χ1) is 7.13. The van der Waals surface area contributed by atoms with Crippen LogP contribution < -0.4 is 0 Å². The standard InChI is InChI=1S/C11H14O4/c1-8-3-4-11(15-8)10(13)7-9(12)5-6-14-2/h3-4H,5-7H2,1-2H3. The van der Waals surface area contributed by atoms with Crippen molar-refractivity contribution in [2.45, 2.75) is 19.8 Å². The lowest BCUT2D eigenvalue weighted by molar-refractivity contribution is -0.119. The van der Waals surface area contributed by atoms with Crippen molar-refractivity contribution in [3.05, 3.63) is 23.7 Å². The van der Waals surface area contributed by atoms with Crippen molar-refractivity contribution in [3.63, 3.8) is 0 Å². The molecule has 1 aromatic heterocycles. The van der Waals surface area contributed by atoms with Crippen LogP contribution in [-0.2, 0) is 9.53 Å². The Kier molecular flexibility index (Phi) is 4.24. The predicted octanol–water partition coefficient (Wildman–Crippen LogP) is 1.77. The fraction of sp³-hybridized carbons (Fsp3) is 0.455. The molecule has 0 aliphatic rings. The maximum Gasteiger partial charge on any atom is 0.205 e. The number of ketones is 2. The van der Waals surface area contributed by atoms with Crippen LogP contribution in [0.25, 0.3) is 0 Å². The third kappa shape index (κ3) is 3.67. The number of Topliss-reactive ketones (excluding diaryl/α,β-unsaturated/α-hetero) is 2. The van der Waals surface area contributed by atoms with Gasteiger partial charge in [0.05, 0.1) is 13.0 Å². The minimum atomic E-state index is -0.274. The number of aryl methyl sites for hydroxylation is 1. The van der Waals surface area contributed by atoms with Crippen molar-refractivity contribution >= 4 is 11.6 Å². The molecule has 1 aromatic rings. The van der Waals surface area contributed by atoms with Gasteiger partial charge in [-0.05, 0) is 19.1 Å². The SMILES string of the molecule is COCCC(=O)CC(=O)c1ccc(C)o1. The second-order valence-corrected chi connectivity index (χ2v) is 3.29. The van der Waals surface area contributed by atoms with E-state index >= 15 is 0 Å². The summed E-state index contributed by atoms with van der Waals surface area (Å²) >= 11 is 0. The average Bonchev–Trinajstić information content (AvgIpc) is 2.61. The summed E-state index contributed by atoms with van der Waals surface area (Å²) in [7, 11) is 1.52. The Hall–Kier alpha value is -1.42. The maximum absolute atomic E-state index is 11.5. The molecule has 0 unspecified atom stereocenters. The number of carbonyl (C=O) groups is 2. The van der Waals surface area contributed by atoms with E-state index in [1.54, 1.807) is 19.1 Å². The number of ether oxygens (including phenoxy) is 1. The van der Waals surface area contributed by atoms with Crippen LogP contribution in [0.2, 0.25) is 0 Å². The van der Waals surface area contributed by atoms with Gasteiger partial charge >= 0.3 is 0 Å². The smallest absolute Gasteiger partial charge is 0.205 e. The van der Waals surface area contributed by atoms with E-state index in [-0.39, 0.29) is 30.2 Å². The van der Waals surface area contributed by atoms with Crippen LogP contribution in [0, 0.1) is 6.92 Å². The first kappa shape index (κ1) is 11.7. The Bertz CT molecular complexity index is 351. The third-order valence-corrected chi connectivity index (χ3v) is 1.96. The molecule has 0 aliphatic carbocycles. The van der Waals surface area contributed by atoms with E-state index in [4.69, 9.17) is 9.15 Å². The van der Waals surface area contributed by atoms with Gasteiger partial charge in [0.1, 0.15) is 11.5 Å². The van der Waals surface area contributed by atoms with Crippen molar-refractivity contribution in [3.8, 4) is 0 Å². The topological polar surface area (TPSA) is 56.5 Å². The highest BCUT2D eigenvalue weighted by molar-refractivity contribution is 6.06. The average molecular weight is 210 g/mol. The number of carbonyl (C=O) groups excluding carboxylic acids is 2. The molecule has 15 heavy (non-hydrogen) atoms. The zero-order chi connectivity index (χ0) is 11.3. The number of hydrogen-bond donors (Lipinski definition) is 0. The zero-order valence-corrected chi connectivity index (χ0v) is 8.91. The quantitative estimate of drug-likeness (QED) is 0.530. The normalized spacial score (nSPS) is 10.3. The van der Waals surface area contributed by atoms with Crippen molar-refractivity contribution in [2.24, 2.45) is 0 Å². The zero-order valence-electron chi connectivity index (χ0n) is 8.91. The molecule has 0 amide bonds. The van der Waals surface area contributed by atoms with E-state index in [1.807, 2.05) is 0 Å². The molecule has 1 rings (SSSR count). The second kappa shape index (κ2) is 5.46. The Morgan fingerprint density at radius 3 is 2.67 bits per heavy atom. The lowest BCUT2D eigenvalue weighted by atomic mass is 10.1. The van der Waals surface area contributed by atoms with Crippen LogP contribution in [0.15, 0.2) is 16.5 Å². The first-order valence-electron chi connectivity index (χ1n) is 4.73. The monoisotopic (exact) mass is 210 g/mol. The Balaban J connectivity index is 2.45. The Morgan fingerprint density at radius 2 is 2.13 bits per heavy atom. The van der Waals surface area contributed by atoms with E-state index in [9.17, 15) is 9.59 Å². The minimum Gasteiger partial charge on any atom is -0.458 e. The van der Waals surface area contributed by atoms with Gasteiger partial charge in [0.25, 0.3) is 0 Å². The molecule has 0 atom stereocenters. The van der Waals surface area contributed by atoms with Gasteiger partial charge in [-0.1, -0.05) is 0 Å². The van der Waals surface area contributed by atoms with Gasteiger partial charge in [-0.2, -0.15) is 0 Å². The predicted molar refractivity (Wildman–Crippen MR) is 53.9 cm³/mol. The van der Waals surface area contributed by atoms with Crippen LogP contribution >= 0.6 is 0 Å². The highest BCUT2D eigenvalue weighted by atomic mass is 16.5. The molecule has 4 nitrogen and oxygen atoms in total. The van der Waals surface area contributed by atoms with Crippen LogP contribution in [0.4, 0.5) is 0 Å². The summed E-state index contributed by atoms with van der Waals surface area (Å²) in [6.45, 7) is 2.10. The lowest BCUT2D eigenvalue weighted by Crippen LogP contribution is -2.09. The van der Waals surface area contributed by atoms with Gasteiger partial charge < -0.3 is 9.15 Å². The lowest BCUT2D eigenvalue weighted by Gasteiger charge is -1.97. The fourth-order valence-electron chi connectivity index (χ4n) is 1.15. The fourth-order valence-corrected chi connectivity index (χ4v) is 1.15. The molecular weight excluding hydrogens is 196 g/mol. The van der Waals surface area contributed by atoms with Gasteiger partial charge in [0.15, 0.2) is 5.76 Å². The van der Waals surface area contributed by atoms with Gasteiger partial charge in [0.2, 0.25) is 5.78 Å². The summed E-state index contributed by atoms with van der Waals surface area (Å²) in [5, 5.41) is 0. The molecule has 4 heteroatoms. The summed E-state index contributed by atoms with van der Waals surface area (Å²) < 4.78 is 9.87. The molecule has 1 heterocycles. The molecule has 0 bridgehead atoms. The van der Waals surface area contributed by atoms with Gasteiger partial charge in [0, 0.05) is 13.5 Å². The first-order valence-corrected chi connectivity index (χ1v) is 4.73. The number of rotatable bonds is 6. The molecule has 0 N–H and O–H groups in total. The van der Waals surface area contributed by atoms with Crippen molar-refractivity contribution in [2.75, 3.05) is 13.7 Å². The highest BCUT2D eigenvalue weighted by Crippen LogP contribution is 2.09. The molecule has 0 aromatic carbocycles. The van der Waals surface area contributed by atoms with E-state index in [0.29, 0.717) is 12.4 Å². The van der Waals surface area contributed by atoms with Crippen molar-refractivity contribution in [1.29, 1.82) is 0 Å². The van der Waals surface area contributed by atoms with E-state index in [2.05, 4.69) is 0 Å². The van der Waals surface area contributed by atoms with Gasteiger partial charge in [-0.25, -0.2) is 0 Å². The molecule has 0 fully saturated rings. The highest BCUT2D eigenvalue weighted by Gasteiger charge is 2.14. The number of methoxy groups -OCH3 is 1. The Morgan fingerprint density at radius 1 is 1.40 bits per heavy atom. The minimum absolute atomic E-state index is 0.115. The molecule has 0 spiro atoms. The molecule has 0 aliphatic heterocycles. The summed E-state index contributed by atoms with van der Waals surface area (Å²) in [4.78, 5) is 22.7. The summed E-state index contributed by atoms with van der Waals surface area (Å²) in [5.74, 6) is 0.515. The van der Waals surface area contributed by atoms with Crippen molar-refractivity contribution in [1.82, 2.24) is 0 Å². The number of hydrogen-bond acceptors (Lipinski definition) is 4. The van der Waals surface area contributed by atoms with Crippen molar-refractivity contribution < 1.29 is 18.7 Å². The van der Waals surface area contributed by atoms with E-state index < -0.39 is 0 Å². The largest absolute Gasteiger partial charge is 0.458 e. The van der Waals surface area contributed by atoms with E-state index in [0.717, 1.165) is 0 Å². The third-order valence-electron chi connectivity index (χ3n) is 1.96. The van der Waals surface area contributed by atoms with Gasteiger partial charge in [-0.3, -0.25) is 9.59 Å².